The van der Waals surface area contributed by atoms with Gasteiger partial charge in [-0.05, 0) is 34.1 Å². The van der Waals surface area contributed by atoms with Crippen LogP contribution in [0.15, 0.2) is 28.7 Å². The molecule has 0 unspecified atom stereocenters. The van der Waals surface area contributed by atoms with E-state index in [1.54, 1.807) is 0 Å². The number of benzene rings is 1. The van der Waals surface area contributed by atoms with Crippen LogP contribution in [0.5, 0.6) is 5.75 Å². The largest absolute Gasteiger partial charge is 0.508 e. The molecule has 1 aromatic carbocycles. The Morgan fingerprint density at radius 1 is 1.47 bits per heavy atom. The fraction of sp³-hybridized carbons (Fsp3) is 0.0909. The average Bonchev–Trinajstić information content (AvgIpc) is 2.67. The Kier molecular flexibility index (Phi) is 4.28. The lowest BCUT2D eigenvalue weighted by molar-refractivity contribution is -0.384. The van der Waals surface area contributed by atoms with E-state index in [0.717, 1.165) is 15.4 Å². The first kappa shape index (κ1) is 14.1. The maximum Gasteiger partial charge on any atom is 0.296 e. The molecule has 0 saturated carbocycles. The number of nitro groups is 1. The van der Waals surface area contributed by atoms with Gasteiger partial charge >= 0.3 is 0 Å². The highest BCUT2D eigenvalue weighted by atomic mass is 79.9. The lowest BCUT2D eigenvalue weighted by atomic mass is 10.2. The first-order valence-electron chi connectivity index (χ1n) is 5.12. The first-order chi connectivity index (χ1) is 8.97. The normalized spacial score (nSPS) is 10.4. The quantitative estimate of drug-likeness (QED) is 0.480. The molecule has 0 aliphatic rings. The summed E-state index contributed by atoms with van der Waals surface area (Å²) < 4.78 is 1.44. The van der Waals surface area contributed by atoms with E-state index in [4.69, 9.17) is 11.6 Å². The van der Waals surface area contributed by atoms with Crippen molar-refractivity contribution in [2.45, 2.75) is 6.54 Å². The minimum atomic E-state index is -0.542. The van der Waals surface area contributed by atoms with Crippen molar-refractivity contribution in [1.29, 1.82) is 0 Å². The van der Waals surface area contributed by atoms with Crippen molar-refractivity contribution in [3.05, 3.63) is 48.1 Å². The number of nitro benzene ring substituents is 1. The molecule has 0 saturated heterocycles. The van der Waals surface area contributed by atoms with Gasteiger partial charge in [0.15, 0.2) is 0 Å². The van der Waals surface area contributed by atoms with E-state index in [1.807, 2.05) is 6.07 Å². The molecule has 1 aromatic heterocycles. The molecule has 2 aromatic rings. The molecule has 0 radical (unpaired) electrons. The zero-order valence-corrected chi connectivity index (χ0v) is 12.6. The second kappa shape index (κ2) is 5.77. The third-order valence-electron chi connectivity index (χ3n) is 2.33. The Balaban J connectivity index is 2.17. The van der Waals surface area contributed by atoms with Gasteiger partial charge in [-0.15, -0.1) is 11.3 Å². The van der Waals surface area contributed by atoms with E-state index >= 15 is 0 Å². The van der Waals surface area contributed by atoms with Crippen LogP contribution >= 0.6 is 38.9 Å². The fourth-order valence-corrected chi connectivity index (χ4v) is 3.21. The monoisotopic (exact) mass is 362 g/mol. The number of nitrogens with zero attached hydrogens (tertiary/aromatic N) is 1. The number of hydrogen-bond donors (Lipinski definition) is 2. The van der Waals surface area contributed by atoms with Crippen molar-refractivity contribution < 1.29 is 10.0 Å². The fourth-order valence-electron chi connectivity index (χ4n) is 1.48. The molecule has 0 amide bonds. The van der Waals surface area contributed by atoms with Crippen LogP contribution in [0, 0.1) is 10.1 Å². The molecule has 5 nitrogen and oxygen atoms in total. The van der Waals surface area contributed by atoms with Gasteiger partial charge in [-0.2, -0.15) is 0 Å². The number of anilines is 1. The van der Waals surface area contributed by atoms with Crippen LogP contribution in [0.4, 0.5) is 11.4 Å². The zero-order valence-electron chi connectivity index (χ0n) is 9.39. The van der Waals surface area contributed by atoms with E-state index in [-0.39, 0.29) is 11.4 Å². The van der Waals surface area contributed by atoms with Gasteiger partial charge in [0.25, 0.3) is 5.69 Å². The number of phenols is 1. The van der Waals surface area contributed by atoms with E-state index < -0.39 is 4.92 Å². The highest BCUT2D eigenvalue weighted by molar-refractivity contribution is 9.10. The molecule has 2 rings (SSSR count). The number of nitrogens with one attached hydrogen (secondary N) is 1. The molecule has 0 bridgehead atoms. The van der Waals surface area contributed by atoms with Crippen LogP contribution in [0.25, 0.3) is 0 Å². The molecule has 19 heavy (non-hydrogen) atoms. The van der Waals surface area contributed by atoms with Gasteiger partial charge in [-0.25, -0.2) is 0 Å². The second-order valence-corrected chi connectivity index (χ2v) is 6.24. The van der Waals surface area contributed by atoms with Gasteiger partial charge in [-0.1, -0.05) is 11.6 Å². The molecule has 0 aliphatic heterocycles. The standard InChI is InChI=1S/C11H8BrClN2O3S/c12-8-4-7(19-11(8)13)5-14-9-2-1-6(16)3-10(9)15(17)18/h1-4,14,16H,5H2. The second-order valence-electron chi connectivity index (χ2n) is 3.65. The van der Waals surface area contributed by atoms with Crippen LogP contribution in [0.2, 0.25) is 4.34 Å². The maximum atomic E-state index is 10.9. The summed E-state index contributed by atoms with van der Waals surface area (Å²) in [4.78, 5) is 11.3. The van der Waals surface area contributed by atoms with Crippen molar-refractivity contribution >= 4 is 50.2 Å². The van der Waals surface area contributed by atoms with Crippen molar-refractivity contribution in [3.63, 3.8) is 0 Å². The SMILES string of the molecule is O=[N+]([O-])c1cc(O)ccc1NCc1cc(Br)c(Cl)s1. The smallest absolute Gasteiger partial charge is 0.296 e. The summed E-state index contributed by atoms with van der Waals surface area (Å²) in [5.74, 6) is -0.140. The molecular formula is C11H8BrClN2O3S. The molecule has 0 atom stereocenters. The Labute approximate surface area is 126 Å². The molecule has 0 fully saturated rings. The zero-order chi connectivity index (χ0) is 14.0. The van der Waals surface area contributed by atoms with E-state index in [9.17, 15) is 15.2 Å². The lowest BCUT2D eigenvalue weighted by Crippen LogP contribution is -2.01. The van der Waals surface area contributed by atoms with Crippen LogP contribution in [-0.4, -0.2) is 10.0 Å². The summed E-state index contributed by atoms with van der Waals surface area (Å²) in [5, 5.41) is 23.1. The number of thiophene rings is 1. The minimum absolute atomic E-state index is 0.140. The summed E-state index contributed by atoms with van der Waals surface area (Å²) in [5.41, 5.74) is 0.185. The molecular weight excluding hydrogens is 356 g/mol. The van der Waals surface area contributed by atoms with Gasteiger partial charge in [0.1, 0.15) is 15.8 Å². The Bertz CT molecular complexity index is 613. The molecule has 0 aliphatic carbocycles. The van der Waals surface area contributed by atoms with Gasteiger partial charge in [-0.3, -0.25) is 10.1 Å². The van der Waals surface area contributed by atoms with Crippen LogP contribution < -0.4 is 5.32 Å². The lowest BCUT2D eigenvalue weighted by Gasteiger charge is -2.05. The highest BCUT2D eigenvalue weighted by Crippen LogP contribution is 2.33. The number of hydrogen-bond acceptors (Lipinski definition) is 5. The predicted molar refractivity (Wildman–Crippen MR) is 79.1 cm³/mol. The summed E-state index contributed by atoms with van der Waals surface area (Å²) in [6.07, 6.45) is 0. The van der Waals surface area contributed by atoms with Gasteiger partial charge in [0.2, 0.25) is 0 Å². The topological polar surface area (TPSA) is 75.4 Å². The van der Waals surface area contributed by atoms with E-state index in [0.29, 0.717) is 16.6 Å². The highest BCUT2D eigenvalue weighted by Gasteiger charge is 2.14. The van der Waals surface area contributed by atoms with Crippen LogP contribution in [0.3, 0.4) is 0 Å². The van der Waals surface area contributed by atoms with Gasteiger partial charge in [0, 0.05) is 15.9 Å². The summed E-state index contributed by atoms with van der Waals surface area (Å²) in [6, 6.07) is 5.83. The third kappa shape index (κ3) is 3.37. The molecule has 1 heterocycles. The Morgan fingerprint density at radius 3 is 2.79 bits per heavy atom. The van der Waals surface area contributed by atoms with Crippen molar-refractivity contribution in [3.8, 4) is 5.75 Å². The van der Waals surface area contributed by atoms with E-state index in [2.05, 4.69) is 21.2 Å². The minimum Gasteiger partial charge on any atom is -0.508 e. The first-order valence-corrected chi connectivity index (χ1v) is 7.11. The predicted octanol–water partition coefficient (Wildman–Crippen LogP) is 4.39. The summed E-state index contributed by atoms with van der Waals surface area (Å²) >= 11 is 10.6. The number of halogens is 2. The molecule has 0 spiro atoms. The molecule has 100 valence electrons. The van der Waals surface area contributed by atoms with Crippen molar-refractivity contribution in [2.75, 3.05) is 5.32 Å². The number of phenolic OH excluding ortho intramolecular Hbond substituents is 1. The van der Waals surface area contributed by atoms with Crippen molar-refractivity contribution in [2.24, 2.45) is 0 Å². The van der Waals surface area contributed by atoms with Crippen LogP contribution in [-0.2, 0) is 6.54 Å². The van der Waals surface area contributed by atoms with Gasteiger partial charge in [0.05, 0.1) is 11.0 Å². The molecule has 2 N–H and O–H groups in total. The summed E-state index contributed by atoms with van der Waals surface area (Å²) in [6.45, 7) is 0.418. The third-order valence-corrected chi connectivity index (χ3v) is 4.80. The Hall–Kier alpha value is -1.31. The average molecular weight is 364 g/mol. The van der Waals surface area contributed by atoms with E-state index in [1.165, 1.54) is 23.5 Å². The van der Waals surface area contributed by atoms with Crippen LogP contribution in [0.1, 0.15) is 4.88 Å². The Morgan fingerprint density at radius 2 is 2.21 bits per heavy atom. The number of rotatable bonds is 4. The summed E-state index contributed by atoms with van der Waals surface area (Å²) in [7, 11) is 0. The molecule has 8 heteroatoms. The van der Waals surface area contributed by atoms with Gasteiger partial charge < -0.3 is 10.4 Å². The van der Waals surface area contributed by atoms with Crippen molar-refractivity contribution in [1.82, 2.24) is 0 Å². The number of aromatic hydroxyl groups is 1. The maximum absolute atomic E-state index is 10.9.